The van der Waals surface area contributed by atoms with Crippen molar-refractivity contribution in [3.63, 3.8) is 0 Å². The van der Waals surface area contributed by atoms with E-state index < -0.39 is 28.7 Å². The molecule has 1 heterocycles. The van der Waals surface area contributed by atoms with Gasteiger partial charge >= 0.3 is 6.18 Å². The van der Waals surface area contributed by atoms with Crippen molar-refractivity contribution in [3.05, 3.63) is 18.3 Å². The number of hydrogen-bond acceptors (Lipinski definition) is 4. The molecule has 0 fully saturated rings. The number of nitrogens with zero attached hydrogens (tertiary/aromatic N) is 1. The number of pyridine rings is 1. The summed E-state index contributed by atoms with van der Waals surface area (Å²) in [6.45, 7) is 3.83. The maximum atomic E-state index is 12.2. The van der Waals surface area contributed by atoms with Crippen LogP contribution in [-0.4, -0.2) is 32.2 Å². The topological polar surface area (TPSA) is 71.1 Å². The van der Waals surface area contributed by atoms with Gasteiger partial charge in [0, 0.05) is 18.8 Å². The van der Waals surface area contributed by atoms with Crippen LogP contribution in [0.5, 0.6) is 0 Å². The van der Waals surface area contributed by atoms with Crippen molar-refractivity contribution in [1.82, 2.24) is 9.71 Å². The Morgan fingerprint density at radius 3 is 2.48 bits per heavy atom. The minimum Gasteiger partial charge on any atom is -0.370 e. The molecular weight excluding hydrogens is 307 g/mol. The molecule has 21 heavy (non-hydrogen) atoms. The van der Waals surface area contributed by atoms with Gasteiger partial charge in [-0.15, -0.1) is 0 Å². The molecule has 0 aromatic carbocycles. The third-order valence-corrected chi connectivity index (χ3v) is 4.07. The molecule has 0 saturated heterocycles. The maximum Gasteiger partial charge on any atom is 0.390 e. The van der Waals surface area contributed by atoms with Crippen molar-refractivity contribution in [2.75, 3.05) is 11.9 Å². The first-order valence-corrected chi connectivity index (χ1v) is 7.91. The fourth-order valence-corrected chi connectivity index (χ4v) is 2.81. The lowest BCUT2D eigenvalue weighted by Gasteiger charge is -2.16. The third-order valence-electron chi connectivity index (χ3n) is 2.50. The Morgan fingerprint density at radius 2 is 2.00 bits per heavy atom. The van der Waals surface area contributed by atoms with Crippen molar-refractivity contribution in [1.29, 1.82) is 0 Å². The van der Waals surface area contributed by atoms with E-state index in [-0.39, 0.29) is 4.90 Å². The van der Waals surface area contributed by atoms with E-state index in [1.54, 1.807) is 0 Å². The third kappa shape index (κ3) is 6.30. The van der Waals surface area contributed by atoms with Gasteiger partial charge in [0.2, 0.25) is 10.0 Å². The highest BCUT2D eigenvalue weighted by Gasteiger charge is 2.32. The first kappa shape index (κ1) is 17.7. The molecule has 0 aliphatic carbocycles. The molecule has 1 atom stereocenters. The average Bonchev–Trinajstić information content (AvgIpc) is 2.33. The molecule has 0 bridgehead atoms. The van der Waals surface area contributed by atoms with Gasteiger partial charge in [-0.25, -0.2) is 18.1 Å². The molecule has 0 aliphatic heterocycles. The van der Waals surface area contributed by atoms with Crippen LogP contribution in [0.4, 0.5) is 19.0 Å². The van der Waals surface area contributed by atoms with Gasteiger partial charge in [0.15, 0.2) is 0 Å². The summed E-state index contributed by atoms with van der Waals surface area (Å²) >= 11 is 0. The van der Waals surface area contributed by atoms with Gasteiger partial charge in [0.05, 0.1) is 6.42 Å². The number of halogens is 3. The van der Waals surface area contributed by atoms with E-state index >= 15 is 0 Å². The van der Waals surface area contributed by atoms with Crippen LogP contribution in [0.25, 0.3) is 0 Å². The van der Waals surface area contributed by atoms with E-state index in [1.165, 1.54) is 12.1 Å². The highest BCUT2D eigenvalue weighted by molar-refractivity contribution is 7.89. The van der Waals surface area contributed by atoms with Crippen molar-refractivity contribution in [2.45, 2.75) is 43.8 Å². The number of anilines is 1. The molecule has 1 unspecified atom stereocenters. The quantitative estimate of drug-likeness (QED) is 0.808. The standard InChI is InChI=1S/C12H18F3N3O2S/c1-3-6-16-11-5-4-10(8-17-11)21(19,20)18-9(2)7-12(13,14)15/h4-5,8-9,18H,3,6-7H2,1-2H3,(H,16,17). The van der Waals surface area contributed by atoms with E-state index in [0.717, 1.165) is 19.5 Å². The molecule has 5 nitrogen and oxygen atoms in total. The Kier molecular flexibility index (Phi) is 5.97. The van der Waals surface area contributed by atoms with Gasteiger partial charge < -0.3 is 5.32 Å². The van der Waals surface area contributed by atoms with Crippen LogP contribution in [0.2, 0.25) is 0 Å². The zero-order valence-electron chi connectivity index (χ0n) is 11.7. The zero-order chi connectivity index (χ0) is 16.1. The van der Waals surface area contributed by atoms with Crippen molar-refractivity contribution >= 4 is 15.8 Å². The second-order valence-electron chi connectivity index (χ2n) is 4.65. The Hall–Kier alpha value is -1.35. The summed E-state index contributed by atoms with van der Waals surface area (Å²) in [5.41, 5.74) is 0. The molecule has 0 aliphatic rings. The summed E-state index contributed by atoms with van der Waals surface area (Å²) in [7, 11) is -4.01. The second kappa shape index (κ2) is 7.08. The molecule has 0 spiro atoms. The van der Waals surface area contributed by atoms with E-state index in [9.17, 15) is 21.6 Å². The molecule has 0 saturated carbocycles. The summed E-state index contributed by atoms with van der Waals surface area (Å²) < 4.78 is 62.4. The predicted octanol–water partition coefficient (Wildman–Crippen LogP) is 2.52. The second-order valence-corrected chi connectivity index (χ2v) is 6.36. The number of alkyl halides is 3. The van der Waals surface area contributed by atoms with Crippen molar-refractivity contribution in [2.24, 2.45) is 0 Å². The highest BCUT2D eigenvalue weighted by Crippen LogP contribution is 2.22. The van der Waals surface area contributed by atoms with E-state index in [2.05, 4.69) is 10.3 Å². The lowest BCUT2D eigenvalue weighted by Crippen LogP contribution is -2.35. The minimum atomic E-state index is -4.42. The Labute approximate surface area is 122 Å². The summed E-state index contributed by atoms with van der Waals surface area (Å²) in [6.07, 6.45) is -3.65. The largest absolute Gasteiger partial charge is 0.390 e. The van der Waals surface area contributed by atoms with Gasteiger partial charge in [0.1, 0.15) is 10.7 Å². The molecular formula is C12H18F3N3O2S. The zero-order valence-corrected chi connectivity index (χ0v) is 12.6. The molecule has 1 rings (SSSR count). The van der Waals surface area contributed by atoms with Crippen molar-refractivity contribution < 1.29 is 21.6 Å². The number of sulfonamides is 1. The number of nitrogens with one attached hydrogen (secondary N) is 2. The summed E-state index contributed by atoms with van der Waals surface area (Å²) in [4.78, 5) is 3.74. The first-order chi connectivity index (χ1) is 9.64. The molecule has 2 N–H and O–H groups in total. The lowest BCUT2D eigenvalue weighted by atomic mass is 10.2. The molecule has 1 aromatic rings. The Bertz CT molecular complexity index is 544. The van der Waals surface area contributed by atoms with Gasteiger partial charge in [-0.2, -0.15) is 13.2 Å². The SMILES string of the molecule is CCCNc1ccc(S(=O)(=O)NC(C)CC(F)(F)F)cn1. The number of rotatable bonds is 7. The van der Waals surface area contributed by atoms with Crippen LogP contribution in [0.1, 0.15) is 26.7 Å². The monoisotopic (exact) mass is 325 g/mol. The summed E-state index contributed by atoms with van der Waals surface area (Å²) in [5, 5.41) is 2.97. The Balaban J connectivity index is 2.74. The molecule has 0 amide bonds. The maximum absolute atomic E-state index is 12.2. The minimum absolute atomic E-state index is 0.168. The molecule has 120 valence electrons. The fraction of sp³-hybridized carbons (Fsp3) is 0.583. The van der Waals surface area contributed by atoms with Crippen LogP contribution in [0.15, 0.2) is 23.2 Å². The van der Waals surface area contributed by atoms with Gasteiger partial charge in [0.25, 0.3) is 0 Å². The highest BCUT2D eigenvalue weighted by atomic mass is 32.2. The molecule has 0 radical (unpaired) electrons. The Morgan fingerprint density at radius 1 is 1.33 bits per heavy atom. The van der Waals surface area contributed by atoms with E-state index in [0.29, 0.717) is 12.4 Å². The predicted molar refractivity (Wildman–Crippen MR) is 73.5 cm³/mol. The van der Waals surface area contributed by atoms with Crippen LogP contribution in [-0.2, 0) is 10.0 Å². The van der Waals surface area contributed by atoms with Crippen molar-refractivity contribution in [3.8, 4) is 0 Å². The molecule has 9 heteroatoms. The van der Waals surface area contributed by atoms with Crippen LogP contribution in [0.3, 0.4) is 0 Å². The van der Waals surface area contributed by atoms with Gasteiger partial charge in [-0.1, -0.05) is 6.92 Å². The lowest BCUT2D eigenvalue weighted by molar-refractivity contribution is -0.137. The van der Waals surface area contributed by atoms with Gasteiger partial charge in [-0.3, -0.25) is 0 Å². The average molecular weight is 325 g/mol. The van der Waals surface area contributed by atoms with E-state index in [1.807, 2.05) is 11.6 Å². The number of hydrogen-bond donors (Lipinski definition) is 2. The molecule has 1 aromatic heterocycles. The van der Waals surface area contributed by atoms with E-state index in [4.69, 9.17) is 0 Å². The normalized spacial score (nSPS) is 14.0. The number of aromatic nitrogens is 1. The van der Waals surface area contributed by atoms with Crippen LogP contribution < -0.4 is 10.0 Å². The van der Waals surface area contributed by atoms with Crippen LogP contribution >= 0.6 is 0 Å². The summed E-state index contributed by atoms with van der Waals surface area (Å²) in [5.74, 6) is 0.513. The van der Waals surface area contributed by atoms with Crippen LogP contribution in [0, 0.1) is 0 Å². The first-order valence-electron chi connectivity index (χ1n) is 6.43. The summed E-state index contributed by atoms with van der Waals surface area (Å²) in [6, 6.07) is 1.53. The van der Waals surface area contributed by atoms with Gasteiger partial charge in [-0.05, 0) is 25.5 Å². The smallest absolute Gasteiger partial charge is 0.370 e. The fourth-order valence-electron chi connectivity index (χ4n) is 1.62.